The fourth-order valence-corrected chi connectivity index (χ4v) is 5.16. The number of hydrogen-bond acceptors (Lipinski definition) is 5. The van der Waals surface area contributed by atoms with E-state index in [9.17, 15) is 14.0 Å². The molecule has 142 valence electrons. The number of benzene rings is 2. The van der Waals surface area contributed by atoms with Crippen molar-refractivity contribution in [2.24, 2.45) is 0 Å². The van der Waals surface area contributed by atoms with Crippen LogP contribution in [0.5, 0.6) is 0 Å². The van der Waals surface area contributed by atoms with Crippen molar-refractivity contribution >= 4 is 38.9 Å². The van der Waals surface area contributed by atoms with Crippen LogP contribution in [0, 0.1) is 5.82 Å². The summed E-state index contributed by atoms with van der Waals surface area (Å²) in [7, 11) is 0. The molecule has 1 saturated heterocycles. The number of aromatic nitrogens is 1. The number of likely N-dealkylation sites (tertiary alicyclic amines) is 1. The third-order valence-electron chi connectivity index (χ3n) is 5.44. The molecular weight excluding hydrogens is 377 g/mol. The van der Waals surface area contributed by atoms with Gasteiger partial charge in [-0.1, -0.05) is 12.1 Å². The maximum Gasteiger partial charge on any atom is 0.300 e. The van der Waals surface area contributed by atoms with Gasteiger partial charge in [-0.05, 0) is 49.7 Å². The summed E-state index contributed by atoms with van der Waals surface area (Å²) >= 11 is 1.73. The van der Waals surface area contributed by atoms with Gasteiger partial charge in [0.2, 0.25) is 0 Å². The quantitative estimate of drug-likeness (QED) is 0.633. The Morgan fingerprint density at radius 2 is 2.04 bits per heavy atom. The minimum absolute atomic E-state index is 0.157. The molecular formula is C21H18FN3O2S. The summed E-state index contributed by atoms with van der Waals surface area (Å²) in [6.07, 6.45) is 2.07. The Labute approximate surface area is 165 Å². The highest BCUT2D eigenvalue weighted by Crippen LogP contribution is 2.34. The minimum atomic E-state index is -0.630. The standard InChI is InChI=1S/C21H18FN3O2S/c22-14-7-8-17-15(10-14)19(26)21(27)25(17)12-24-9-3-4-13(11-24)20-23-16-5-1-2-6-18(16)28-20/h1-2,5-8,10,13H,3-4,9,11-12H2. The molecule has 1 aromatic heterocycles. The van der Waals surface area contributed by atoms with E-state index >= 15 is 0 Å². The summed E-state index contributed by atoms with van der Waals surface area (Å²) in [4.78, 5) is 33.1. The third-order valence-corrected chi connectivity index (χ3v) is 6.64. The van der Waals surface area contributed by atoms with Crippen LogP contribution in [0.25, 0.3) is 10.2 Å². The van der Waals surface area contributed by atoms with Crippen molar-refractivity contribution in [3.8, 4) is 0 Å². The van der Waals surface area contributed by atoms with Crippen molar-refractivity contribution in [2.45, 2.75) is 18.8 Å². The van der Waals surface area contributed by atoms with Gasteiger partial charge < -0.3 is 0 Å². The lowest BCUT2D eigenvalue weighted by Gasteiger charge is -2.34. The van der Waals surface area contributed by atoms with E-state index in [1.165, 1.54) is 21.7 Å². The zero-order chi connectivity index (χ0) is 19.3. The number of piperidine rings is 1. The van der Waals surface area contributed by atoms with Crippen molar-refractivity contribution in [3.63, 3.8) is 0 Å². The van der Waals surface area contributed by atoms with E-state index < -0.39 is 17.5 Å². The molecule has 28 heavy (non-hydrogen) atoms. The average molecular weight is 395 g/mol. The monoisotopic (exact) mass is 395 g/mol. The van der Waals surface area contributed by atoms with Crippen LogP contribution in [0.1, 0.15) is 34.1 Å². The second-order valence-electron chi connectivity index (χ2n) is 7.30. The first kappa shape index (κ1) is 17.5. The fourth-order valence-electron chi connectivity index (χ4n) is 4.06. The van der Waals surface area contributed by atoms with Crippen molar-refractivity contribution in [1.82, 2.24) is 9.88 Å². The molecule has 1 amide bonds. The lowest BCUT2D eigenvalue weighted by atomic mass is 9.99. The second-order valence-corrected chi connectivity index (χ2v) is 8.36. The molecule has 0 radical (unpaired) electrons. The Balaban J connectivity index is 1.36. The minimum Gasteiger partial charge on any atom is -0.291 e. The molecule has 2 aromatic carbocycles. The molecule has 2 aliphatic heterocycles. The van der Waals surface area contributed by atoms with E-state index in [-0.39, 0.29) is 5.56 Å². The highest BCUT2D eigenvalue weighted by Gasteiger charge is 2.37. The first-order valence-corrected chi connectivity index (χ1v) is 10.2. The zero-order valence-corrected chi connectivity index (χ0v) is 15.9. The number of halogens is 1. The highest BCUT2D eigenvalue weighted by molar-refractivity contribution is 7.18. The number of carbonyl (C=O) groups excluding carboxylic acids is 2. The van der Waals surface area contributed by atoms with Crippen LogP contribution < -0.4 is 4.90 Å². The number of para-hydroxylation sites is 1. The van der Waals surface area contributed by atoms with Gasteiger partial charge in [0.25, 0.3) is 5.78 Å². The van der Waals surface area contributed by atoms with Crippen molar-refractivity contribution in [3.05, 3.63) is 58.9 Å². The summed E-state index contributed by atoms with van der Waals surface area (Å²) in [6, 6.07) is 12.1. The summed E-state index contributed by atoms with van der Waals surface area (Å²) in [5, 5.41) is 1.12. The van der Waals surface area contributed by atoms with Crippen LogP contribution in [-0.4, -0.2) is 41.3 Å². The van der Waals surface area contributed by atoms with Crippen LogP contribution in [0.3, 0.4) is 0 Å². The summed E-state index contributed by atoms with van der Waals surface area (Å²) in [6.45, 7) is 1.98. The number of hydrogen-bond donors (Lipinski definition) is 0. The Hall–Kier alpha value is -2.64. The highest BCUT2D eigenvalue weighted by atomic mass is 32.1. The summed E-state index contributed by atoms with van der Waals surface area (Å²) in [5.74, 6) is -1.40. The predicted molar refractivity (Wildman–Crippen MR) is 106 cm³/mol. The Kier molecular flexibility index (Phi) is 4.21. The molecule has 1 fully saturated rings. The topological polar surface area (TPSA) is 53.5 Å². The molecule has 1 unspecified atom stereocenters. The van der Waals surface area contributed by atoms with Gasteiger partial charge in [-0.15, -0.1) is 11.3 Å². The Morgan fingerprint density at radius 3 is 2.89 bits per heavy atom. The number of nitrogens with zero attached hydrogens (tertiary/aromatic N) is 3. The number of fused-ring (bicyclic) bond motifs is 2. The van der Waals surface area contributed by atoms with E-state index in [2.05, 4.69) is 11.0 Å². The SMILES string of the molecule is O=C1C(=O)N(CN2CCCC(c3nc4ccccc4s3)C2)c2ccc(F)cc21. The largest absolute Gasteiger partial charge is 0.300 e. The van der Waals surface area contributed by atoms with Crippen LogP contribution in [0.4, 0.5) is 10.1 Å². The molecule has 0 aliphatic carbocycles. The van der Waals surface area contributed by atoms with E-state index in [0.29, 0.717) is 18.3 Å². The lowest BCUT2D eigenvalue weighted by molar-refractivity contribution is -0.114. The maximum absolute atomic E-state index is 13.5. The van der Waals surface area contributed by atoms with Gasteiger partial charge in [0, 0.05) is 12.5 Å². The molecule has 7 heteroatoms. The van der Waals surface area contributed by atoms with Crippen LogP contribution in [-0.2, 0) is 4.79 Å². The number of amides is 1. The first-order valence-electron chi connectivity index (χ1n) is 9.34. The second kappa shape index (κ2) is 6.76. The number of anilines is 1. The van der Waals surface area contributed by atoms with E-state index in [4.69, 9.17) is 4.98 Å². The van der Waals surface area contributed by atoms with Gasteiger partial charge in [-0.3, -0.25) is 19.4 Å². The van der Waals surface area contributed by atoms with E-state index in [1.54, 1.807) is 11.3 Å². The predicted octanol–water partition coefficient (Wildman–Crippen LogP) is 3.80. The molecule has 1 atom stereocenters. The fraction of sp³-hybridized carbons (Fsp3) is 0.286. The molecule has 0 saturated carbocycles. The smallest absolute Gasteiger partial charge is 0.291 e. The molecule has 0 bridgehead atoms. The van der Waals surface area contributed by atoms with Crippen molar-refractivity contribution in [1.29, 1.82) is 0 Å². The molecule has 0 spiro atoms. The number of thiazole rings is 1. The molecule has 5 rings (SSSR count). The van der Waals surface area contributed by atoms with Gasteiger partial charge in [0.15, 0.2) is 0 Å². The van der Waals surface area contributed by atoms with Crippen LogP contribution >= 0.6 is 11.3 Å². The van der Waals surface area contributed by atoms with Gasteiger partial charge in [-0.2, -0.15) is 0 Å². The number of carbonyl (C=O) groups is 2. The van der Waals surface area contributed by atoms with Crippen LogP contribution in [0.2, 0.25) is 0 Å². The first-order chi connectivity index (χ1) is 13.6. The van der Waals surface area contributed by atoms with Gasteiger partial charge >= 0.3 is 5.91 Å². The van der Waals surface area contributed by atoms with Gasteiger partial charge in [0.1, 0.15) is 5.82 Å². The molecule has 0 N–H and O–H groups in total. The zero-order valence-electron chi connectivity index (χ0n) is 15.1. The average Bonchev–Trinajstić information content (AvgIpc) is 3.24. The van der Waals surface area contributed by atoms with E-state index in [0.717, 1.165) is 42.5 Å². The van der Waals surface area contributed by atoms with Crippen molar-refractivity contribution in [2.75, 3.05) is 24.7 Å². The number of Topliss-reactive ketones (excluding diaryl/α,β-unsaturated/α-hetero) is 1. The van der Waals surface area contributed by atoms with Gasteiger partial charge in [0.05, 0.1) is 33.1 Å². The normalized spacial score (nSPS) is 20.2. The maximum atomic E-state index is 13.5. The van der Waals surface area contributed by atoms with E-state index in [1.807, 2.05) is 18.2 Å². The number of ketones is 1. The van der Waals surface area contributed by atoms with Crippen LogP contribution in [0.15, 0.2) is 42.5 Å². The number of rotatable bonds is 3. The third kappa shape index (κ3) is 2.91. The Bertz CT molecular complexity index is 1060. The molecule has 5 nitrogen and oxygen atoms in total. The Morgan fingerprint density at radius 1 is 1.18 bits per heavy atom. The molecule has 3 heterocycles. The van der Waals surface area contributed by atoms with Gasteiger partial charge in [-0.25, -0.2) is 9.37 Å². The molecule has 3 aromatic rings. The summed E-state index contributed by atoms with van der Waals surface area (Å²) < 4.78 is 14.7. The van der Waals surface area contributed by atoms with Crippen molar-refractivity contribution < 1.29 is 14.0 Å². The molecule has 2 aliphatic rings. The summed E-state index contributed by atoms with van der Waals surface area (Å²) in [5.41, 5.74) is 1.68. The lowest BCUT2D eigenvalue weighted by Crippen LogP contribution is -2.44.